The van der Waals surface area contributed by atoms with Gasteiger partial charge in [0.2, 0.25) is 0 Å². The van der Waals surface area contributed by atoms with Crippen molar-refractivity contribution in [3.63, 3.8) is 0 Å². The molecule has 0 bridgehead atoms. The second kappa shape index (κ2) is 4.37. The molecule has 2 rings (SSSR count). The maximum absolute atomic E-state index is 10.1. The van der Waals surface area contributed by atoms with Crippen LogP contribution in [-0.4, -0.2) is 10.2 Å². The van der Waals surface area contributed by atoms with Gasteiger partial charge in [-0.3, -0.25) is 0 Å². The SMILES string of the molecule is CC(C)(C)c1cc(O)c(-c2ccccc2)cc1O. The van der Waals surface area contributed by atoms with Gasteiger partial charge in [0, 0.05) is 11.1 Å². The molecule has 2 aromatic rings. The summed E-state index contributed by atoms with van der Waals surface area (Å²) in [6, 6.07) is 12.8. The lowest BCUT2D eigenvalue weighted by Crippen LogP contribution is -2.11. The molecule has 0 aliphatic heterocycles. The molecule has 0 saturated heterocycles. The molecule has 18 heavy (non-hydrogen) atoms. The Kier molecular flexibility index (Phi) is 3.04. The lowest BCUT2D eigenvalue weighted by molar-refractivity contribution is 0.436. The van der Waals surface area contributed by atoms with Crippen molar-refractivity contribution < 1.29 is 10.2 Å². The van der Waals surface area contributed by atoms with E-state index < -0.39 is 0 Å². The van der Waals surface area contributed by atoms with E-state index in [0.29, 0.717) is 5.56 Å². The molecule has 0 aliphatic carbocycles. The minimum atomic E-state index is -0.198. The molecule has 94 valence electrons. The third-order valence-corrected chi connectivity index (χ3v) is 3.01. The van der Waals surface area contributed by atoms with Crippen molar-refractivity contribution in [1.82, 2.24) is 0 Å². The smallest absolute Gasteiger partial charge is 0.123 e. The Balaban J connectivity index is 2.57. The Morgan fingerprint density at radius 3 is 2.00 bits per heavy atom. The van der Waals surface area contributed by atoms with Gasteiger partial charge >= 0.3 is 0 Å². The summed E-state index contributed by atoms with van der Waals surface area (Å²) in [7, 11) is 0. The fourth-order valence-corrected chi connectivity index (χ4v) is 2.03. The Morgan fingerprint density at radius 2 is 1.44 bits per heavy atom. The molecule has 2 N–H and O–H groups in total. The first-order valence-corrected chi connectivity index (χ1v) is 6.01. The first kappa shape index (κ1) is 12.5. The Morgan fingerprint density at radius 1 is 0.833 bits per heavy atom. The molecule has 0 saturated carbocycles. The Bertz CT molecular complexity index is 551. The fraction of sp³-hybridized carbons (Fsp3) is 0.250. The van der Waals surface area contributed by atoms with Crippen LogP contribution in [0, 0.1) is 0 Å². The summed E-state index contributed by atoms with van der Waals surface area (Å²) in [6.07, 6.45) is 0. The number of phenolic OH excluding ortho intramolecular Hbond substituents is 2. The van der Waals surface area contributed by atoms with Gasteiger partial charge in [-0.05, 0) is 23.1 Å². The minimum absolute atomic E-state index is 0.198. The molecular weight excluding hydrogens is 224 g/mol. The number of aromatic hydroxyl groups is 2. The van der Waals surface area contributed by atoms with E-state index in [1.54, 1.807) is 12.1 Å². The van der Waals surface area contributed by atoms with Crippen LogP contribution in [0.2, 0.25) is 0 Å². The number of hydrogen-bond acceptors (Lipinski definition) is 2. The van der Waals surface area contributed by atoms with Gasteiger partial charge in [-0.25, -0.2) is 0 Å². The highest BCUT2D eigenvalue weighted by Crippen LogP contribution is 2.39. The number of hydrogen-bond donors (Lipinski definition) is 2. The van der Waals surface area contributed by atoms with Crippen LogP contribution in [-0.2, 0) is 5.41 Å². The zero-order valence-corrected chi connectivity index (χ0v) is 10.9. The van der Waals surface area contributed by atoms with E-state index in [0.717, 1.165) is 11.1 Å². The third kappa shape index (κ3) is 2.33. The molecule has 0 fully saturated rings. The van der Waals surface area contributed by atoms with Crippen LogP contribution in [0.3, 0.4) is 0 Å². The van der Waals surface area contributed by atoms with Crippen molar-refractivity contribution in [2.24, 2.45) is 0 Å². The zero-order chi connectivity index (χ0) is 13.3. The van der Waals surface area contributed by atoms with Crippen LogP contribution in [0.15, 0.2) is 42.5 Å². The fourth-order valence-electron chi connectivity index (χ4n) is 2.03. The van der Waals surface area contributed by atoms with Gasteiger partial charge in [-0.15, -0.1) is 0 Å². The van der Waals surface area contributed by atoms with E-state index in [-0.39, 0.29) is 16.9 Å². The summed E-state index contributed by atoms with van der Waals surface area (Å²) in [5.74, 6) is 0.420. The van der Waals surface area contributed by atoms with E-state index in [4.69, 9.17) is 0 Å². The van der Waals surface area contributed by atoms with Gasteiger partial charge in [-0.1, -0.05) is 51.1 Å². The topological polar surface area (TPSA) is 40.5 Å². The van der Waals surface area contributed by atoms with Crippen molar-refractivity contribution >= 4 is 0 Å². The van der Waals surface area contributed by atoms with Crippen LogP contribution in [0.25, 0.3) is 11.1 Å². The first-order chi connectivity index (χ1) is 8.39. The average molecular weight is 242 g/mol. The number of benzene rings is 2. The van der Waals surface area contributed by atoms with E-state index in [1.807, 2.05) is 51.1 Å². The molecule has 2 nitrogen and oxygen atoms in total. The molecule has 0 heterocycles. The van der Waals surface area contributed by atoms with Crippen LogP contribution >= 0.6 is 0 Å². The number of rotatable bonds is 1. The average Bonchev–Trinajstić information content (AvgIpc) is 2.31. The van der Waals surface area contributed by atoms with Crippen LogP contribution in [0.1, 0.15) is 26.3 Å². The lowest BCUT2D eigenvalue weighted by Gasteiger charge is -2.21. The quantitative estimate of drug-likeness (QED) is 0.740. The van der Waals surface area contributed by atoms with Crippen molar-refractivity contribution in [2.45, 2.75) is 26.2 Å². The number of phenols is 2. The minimum Gasteiger partial charge on any atom is -0.508 e. The Hall–Kier alpha value is -1.96. The van der Waals surface area contributed by atoms with Gasteiger partial charge in [0.05, 0.1) is 0 Å². The maximum Gasteiger partial charge on any atom is 0.123 e. The molecule has 2 aromatic carbocycles. The maximum atomic E-state index is 10.1. The molecule has 0 radical (unpaired) electrons. The highest BCUT2D eigenvalue weighted by Gasteiger charge is 2.20. The summed E-state index contributed by atoms with van der Waals surface area (Å²) < 4.78 is 0. The highest BCUT2D eigenvalue weighted by atomic mass is 16.3. The van der Waals surface area contributed by atoms with E-state index in [2.05, 4.69) is 0 Å². The second-order valence-electron chi connectivity index (χ2n) is 5.50. The summed E-state index contributed by atoms with van der Waals surface area (Å²) in [4.78, 5) is 0. The van der Waals surface area contributed by atoms with E-state index >= 15 is 0 Å². The van der Waals surface area contributed by atoms with Gasteiger partial charge in [0.25, 0.3) is 0 Å². The third-order valence-electron chi connectivity index (χ3n) is 3.01. The van der Waals surface area contributed by atoms with Crippen molar-refractivity contribution in [3.8, 4) is 22.6 Å². The van der Waals surface area contributed by atoms with Gasteiger partial charge < -0.3 is 10.2 Å². The van der Waals surface area contributed by atoms with Crippen molar-refractivity contribution in [1.29, 1.82) is 0 Å². The summed E-state index contributed by atoms with van der Waals surface area (Å²) in [6.45, 7) is 6.01. The molecular formula is C16H18O2. The highest BCUT2D eigenvalue weighted by molar-refractivity contribution is 5.73. The van der Waals surface area contributed by atoms with Gasteiger partial charge in [0.15, 0.2) is 0 Å². The zero-order valence-electron chi connectivity index (χ0n) is 10.9. The monoisotopic (exact) mass is 242 g/mol. The van der Waals surface area contributed by atoms with E-state index in [1.165, 1.54) is 0 Å². The predicted octanol–water partition coefficient (Wildman–Crippen LogP) is 4.06. The lowest BCUT2D eigenvalue weighted by atomic mass is 9.85. The molecule has 0 amide bonds. The summed E-state index contributed by atoms with van der Waals surface area (Å²) in [5.41, 5.74) is 2.10. The van der Waals surface area contributed by atoms with Crippen molar-refractivity contribution in [2.75, 3.05) is 0 Å². The second-order valence-corrected chi connectivity index (χ2v) is 5.50. The van der Waals surface area contributed by atoms with Gasteiger partial charge in [-0.2, -0.15) is 0 Å². The molecule has 0 aromatic heterocycles. The molecule has 0 spiro atoms. The molecule has 0 unspecified atom stereocenters. The summed E-state index contributed by atoms with van der Waals surface area (Å²) >= 11 is 0. The molecule has 2 heteroatoms. The van der Waals surface area contributed by atoms with E-state index in [9.17, 15) is 10.2 Å². The van der Waals surface area contributed by atoms with Crippen LogP contribution < -0.4 is 0 Å². The van der Waals surface area contributed by atoms with Crippen LogP contribution in [0.5, 0.6) is 11.5 Å². The largest absolute Gasteiger partial charge is 0.508 e. The standard InChI is InChI=1S/C16H18O2/c1-16(2,3)13-10-14(17)12(9-15(13)18)11-7-5-4-6-8-11/h4-10,17-18H,1-3H3. The van der Waals surface area contributed by atoms with Crippen molar-refractivity contribution in [3.05, 3.63) is 48.0 Å². The predicted molar refractivity (Wildman–Crippen MR) is 73.9 cm³/mol. The summed E-state index contributed by atoms with van der Waals surface area (Å²) in [5, 5.41) is 20.2. The Labute approximate surface area is 108 Å². The molecule has 0 atom stereocenters. The van der Waals surface area contributed by atoms with Gasteiger partial charge in [0.1, 0.15) is 11.5 Å². The normalized spacial score (nSPS) is 11.5. The van der Waals surface area contributed by atoms with Crippen LogP contribution in [0.4, 0.5) is 0 Å². The first-order valence-electron chi connectivity index (χ1n) is 6.01. The molecule has 0 aliphatic rings.